The number of rotatable bonds is 2. The van der Waals surface area contributed by atoms with E-state index in [4.69, 9.17) is 11.5 Å². The monoisotopic (exact) mass is 168 g/mol. The van der Waals surface area contributed by atoms with E-state index in [2.05, 4.69) is 5.10 Å². The van der Waals surface area contributed by atoms with Gasteiger partial charge in [0, 0.05) is 6.20 Å². The van der Waals surface area contributed by atoms with E-state index in [9.17, 15) is 4.79 Å². The van der Waals surface area contributed by atoms with E-state index in [1.54, 1.807) is 26.1 Å². The summed E-state index contributed by atoms with van der Waals surface area (Å²) in [4.78, 5) is 11.0. The lowest BCUT2D eigenvalue weighted by Gasteiger charge is -2.20. The number of hydrogen-bond donors (Lipinski definition) is 2. The normalized spacial score (nSPS) is 11.5. The third kappa shape index (κ3) is 1.25. The predicted molar refractivity (Wildman–Crippen MR) is 45.2 cm³/mol. The average molecular weight is 168 g/mol. The molecule has 4 N–H and O–H groups in total. The van der Waals surface area contributed by atoms with Crippen LogP contribution in [0, 0.1) is 0 Å². The summed E-state index contributed by atoms with van der Waals surface area (Å²) >= 11 is 0. The standard InChI is InChI=1S/C7H12N4O/c1-7(2,6(9)12)11-4-3-5(8)10-11/h3-4H,1-2H3,(H2,8,10)(H2,9,12). The first kappa shape index (κ1) is 8.58. The van der Waals surface area contributed by atoms with Gasteiger partial charge in [-0.15, -0.1) is 0 Å². The fraction of sp³-hybridized carbons (Fsp3) is 0.429. The highest BCUT2D eigenvalue weighted by Crippen LogP contribution is 2.13. The molecule has 1 rings (SSSR count). The molecule has 0 bridgehead atoms. The molecular formula is C7H12N4O. The van der Waals surface area contributed by atoms with Crippen molar-refractivity contribution in [1.29, 1.82) is 0 Å². The Bertz CT molecular complexity index is 302. The lowest BCUT2D eigenvalue weighted by atomic mass is 10.1. The number of primary amides is 1. The molecule has 5 heteroatoms. The maximum atomic E-state index is 11.0. The number of aromatic nitrogens is 2. The third-order valence-corrected chi connectivity index (χ3v) is 1.79. The van der Waals surface area contributed by atoms with Gasteiger partial charge >= 0.3 is 0 Å². The van der Waals surface area contributed by atoms with Crippen molar-refractivity contribution in [3.63, 3.8) is 0 Å². The van der Waals surface area contributed by atoms with Crippen LogP contribution in [0.2, 0.25) is 0 Å². The van der Waals surface area contributed by atoms with Gasteiger partial charge in [0.2, 0.25) is 5.91 Å². The molecule has 1 aromatic rings. The van der Waals surface area contributed by atoms with Gasteiger partial charge in [0.05, 0.1) is 0 Å². The molecule has 5 nitrogen and oxygen atoms in total. The summed E-state index contributed by atoms with van der Waals surface area (Å²) in [5, 5.41) is 3.90. The SMILES string of the molecule is CC(C)(C(N)=O)n1ccc(N)n1. The number of nitrogens with two attached hydrogens (primary N) is 2. The molecule has 1 amide bonds. The van der Waals surface area contributed by atoms with Gasteiger partial charge < -0.3 is 11.5 Å². The Hall–Kier alpha value is -1.52. The van der Waals surface area contributed by atoms with Crippen molar-refractivity contribution in [2.24, 2.45) is 5.73 Å². The Labute approximate surface area is 70.3 Å². The van der Waals surface area contributed by atoms with Crippen LogP contribution in [0.1, 0.15) is 13.8 Å². The maximum Gasteiger partial charge on any atom is 0.244 e. The molecule has 66 valence electrons. The number of anilines is 1. The number of nitrogen functional groups attached to an aromatic ring is 1. The molecule has 0 aliphatic carbocycles. The summed E-state index contributed by atoms with van der Waals surface area (Å²) in [5.41, 5.74) is 9.74. The Morgan fingerprint density at radius 1 is 1.67 bits per heavy atom. The van der Waals surface area contributed by atoms with Crippen molar-refractivity contribution in [3.8, 4) is 0 Å². The van der Waals surface area contributed by atoms with Crippen molar-refractivity contribution >= 4 is 11.7 Å². The zero-order valence-electron chi connectivity index (χ0n) is 7.11. The summed E-state index contributed by atoms with van der Waals surface area (Å²) in [6.07, 6.45) is 1.63. The van der Waals surface area contributed by atoms with Crippen LogP contribution in [0.3, 0.4) is 0 Å². The average Bonchev–Trinajstić information content (AvgIpc) is 2.35. The molecule has 0 aromatic carbocycles. The molecule has 0 fully saturated rings. The smallest absolute Gasteiger partial charge is 0.244 e. The molecule has 0 aliphatic heterocycles. The number of carbonyl (C=O) groups excluding carboxylic acids is 1. The molecule has 0 atom stereocenters. The van der Waals surface area contributed by atoms with Gasteiger partial charge in [-0.05, 0) is 19.9 Å². The van der Waals surface area contributed by atoms with Crippen LogP contribution < -0.4 is 11.5 Å². The molecule has 0 radical (unpaired) electrons. The van der Waals surface area contributed by atoms with Gasteiger partial charge in [0.25, 0.3) is 0 Å². The second-order valence-corrected chi connectivity index (χ2v) is 3.11. The van der Waals surface area contributed by atoms with E-state index in [1.165, 1.54) is 4.68 Å². The molecule has 0 saturated carbocycles. The minimum atomic E-state index is -0.822. The van der Waals surface area contributed by atoms with Gasteiger partial charge in [0.1, 0.15) is 11.4 Å². The fourth-order valence-corrected chi connectivity index (χ4v) is 0.762. The Balaban J connectivity index is 3.05. The van der Waals surface area contributed by atoms with Crippen LogP contribution in [0.15, 0.2) is 12.3 Å². The van der Waals surface area contributed by atoms with Crippen LogP contribution in [-0.2, 0) is 10.3 Å². The second kappa shape index (κ2) is 2.51. The van der Waals surface area contributed by atoms with Crippen molar-refractivity contribution in [1.82, 2.24) is 9.78 Å². The van der Waals surface area contributed by atoms with Crippen LogP contribution in [0.25, 0.3) is 0 Å². The number of nitrogens with zero attached hydrogens (tertiary/aromatic N) is 2. The fourth-order valence-electron chi connectivity index (χ4n) is 0.762. The molecule has 12 heavy (non-hydrogen) atoms. The van der Waals surface area contributed by atoms with Crippen molar-refractivity contribution in [2.75, 3.05) is 5.73 Å². The Morgan fingerprint density at radius 2 is 2.25 bits per heavy atom. The van der Waals surface area contributed by atoms with E-state index < -0.39 is 11.4 Å². The molecule has 1 heterocycles. The highest BCUT2D eigenvalue weighted by atomic mass is 16.1. The van der Waals surface area contributed by atoms with Crippen LogP contribution in [0.4, 0.5) is 5.82 Å². The summed E-state index contributed by atoms with van der Waals surface area (Å²) in [6, 6.07) is 1.62. The second-order valence-electron chi connectivity index (χ2n) is 3.11. The molecular weight excluding hydrogens is 156 g/mol. The summed E-state index contributed by atoms with van der Waals surface area (Å²) < 4.78 is 1.45. The summed E-state index contributed by atoms with van der Waals surface area (Å²) in [6.45, 7) is 3.36. The molecule has 0 aliphatic rings. The molecule has 1 aromatic heterocycles. The first-order valence-corrected chi connectivity index (χ1v) is 3.56. The van der Waals surface area contributed by atoms with Gasteiger partial charge in [-0.3, -0.25) is 9.48 Å². The topological polar surface area (TPSA) is 86.9 Å². The van der Waals surface area contributed by atoms with Gasteiger partial charge in [-0.25, -0.2) is 0 Å². The predicted octanol–water partition coefficient (Wildman–Crippen LogP) is -0.314. The van der Waals surface area contributed by atoms with Gasteiger partial charge in [-0.2, -0.15) is 5.10 Å². The Kier molecular flexibility index (Phi) is 1.79. The van der Waals surface area contributed by atoms with Gasteiger partial charge in [-0.1, -0.05) is 0 Å². The summed E-state index contributed by atoms with van der Waals surface area (Å²) in [7, 11) is 0. The van der Waals surface area contributed by atoms with E-state index in [-0.39, 0.29) is 0 Å². The lowest BCUT2D eigenvalue weighted by molar-refractivity contribution is -0.125. The number of hydrogen-bond acceptors (Lipinski definition) is 3. The lowest BCUT2D eigenvalue weighted by Crippen LogP contribution is -2.41. The largest absolute Gasteiger partial charge is 0.382 e. The van der Waals surface area contributed by atoms with E-state index in [0.29, 0.717) is 5.82 Å². The highest BCUT2D eigenvalue weighted by molar-refractivity contribution is 5.81. The quantitative estimate of drug-likeness (QED) is 0.634. The number of amides is 1. The van der Waals surface area contributed by atoms with Gasteiger partial charge in [0.15, 0.2) is 0 Å². The van der Waals surface area contributed by atoms with E-state index in [1.807, 2.05) is 0 Å². The third-order valence-electron chi connectivity index (χ3n) is 1.79. The van der Waals surface area contributed by atoms with Crippen molar-refractivity contribution in [2.45, 2.75) is 19.4 Å². The van der Waals surface area contributed by atoms with E-state index >= 15 is 0 Å². The first-order chi connectivity index (χ1) is 5.44. The first-order valence-electron chi connectivity index (χ1n) is 3.56. The zero-order chi connectivity index (χ0) is 9.35. The van der Waals surface area contributed by atoms with Crippen LogP contribution in [-0.4, -0.2) is 15.7 Å². The van der Waals surface area contributed by atoms with Crippen molar-refractivity contribution in [3.05, 3.63) is 12.3 Å². The Morgan fingerprint density at radius 3 is 2.58 bits per heavy atom. The maximum absolute atomic E-state index is 11.0. The number of carbonyl (C=O) groups is 1. The highest BCUT2D eigenvalue weighted by Gasteiger charge is 2.27. The van der Waals surface area contributed by atoms with E-state index in [0.717, 1.165) is 0 Å². The van der Waals surface area contributed by atoms with Crippen molar-refractivity contribution < 1.29 is 4.79 Å². The zero-order valence-corrected chi connectivity index (χ0v) is 7.11. The molecule has 0 saturated heterocycles. The molecule has 0 spiro atoms. The minimum absolute atomic E-state index is 0.379. The summed E-state index contributed by atoms with van der Waals surface area (Å²) in [5.74, 6) is -0.0603. The molecule has 0 unspecified atom stereocenters. The minimum Gasteiger partial charge on any atom is -0.382 e. The van der Waals surface area contributed by atoms with Crippen LogP contribution >= 0.6 is 0 Å². The van der Waals surface area contributed by atoms with Crippen LogP contribution in [0.5, 0.6) is 0 Å².